The molecule has 3 aliphatic rings. The third-order valence-electron chi connectivity index (χ3n) is 5.93. The van der Waals surface area contributed by atoms with Crippen LogP contribution in [0.5, 0.6) is 0 Å². The monoisotopic (exact) mass is 379 g/mol. The van der Waals surface area contributed by atoms with Crippen LogP contribution >= 0.6 is 0 Å². The third-order valence-corrected chi connectivity index (χ3v) is 5.93. The molecule has 0 spiro atoms. The molecule has 3 heterocycles. The number of ether oxygens (including phenoxy) is 1. The Bertz CT molecular complexity index is 493. The van der Waals surface area contributed by atoms with Crippen LogP contribution in [0.1, 0.15) is 39.0 Å². The molecule has 0 radical (unpaired) electrons. The second-order valence-corrected chi connectivity index (χ2v) is 8.21. The molecule has 0 aromatic heterocycles. The van der Waals surface area contributed by atoms with Crippen molar-refractivity contribution in [1.82, 2.24) is 20.0 Å². The van der Waals surface area contributed by atoms with E-state index in [0.717, 1.165) is 64.7 Å². The van der Waals surface area contributed by atoms with Crippen LogP contribution in [0, 0.1) is 5.92 Å². The average molecular weight is 380 g/mol. The number of piperazine rings is 1. The Morgan fingerprint density at radius 1 is 1.07 bits per heavy atom. The van der Waals surface area contributed by atoms with Crippen molar-refractivity contribution in [3.63, 3.8) is 0 Å². The summed E-state index contributed by atoms with van der Waals surface area (Å²) in [5.41, 5.74) is 0. The van der Waals surface area contributed by atoms with E-state index >= 15 is 0 Å². The number of likely N-dealkylation sites (tertiary alicyclic amines) is 1. The molecule has 2 unspecified atom stereocenters. The van der Waals surface area contributed by atoms with Gasteiger partial charge in [-0.15, -0.1) is 0 Å². The van der Waals surface area contributed by atoms with Gasteiger partial charge in [0.2, 0.25) is 0 Å². The van der Waals surface area contributed by atoms with Crippen LogP contribution in [0.15, 0.2) is 4.99 Å². The molecule has 0 aliphatic carbocycles. The first kappa shape index (κ1) is 20.4. The highest BCUT2D eigenvalue weighted by atomic mass is 16.5. The molecule has 7 nitrogen and oxygen atoms in total. The number of rotatable bonds is 5. The van der Waals surface area contributed by atoms with Crippen LogP contribution in [0.25, 0.3) is 0 Å². The Morgan fingerprint density at radius 3 is 2.41 bits per heavy atom. The number of piperidine rings is 1. The van der Waals surface area contributed by atoms with Crippen LogP contribution in [0.3, 0.4) is 0 Å². The molecule has 3 fully saturated rings. The van der Waals surface area contributed by atoms with Crippen molar-refractivity contribution in [3.8, 4) is 0 Å². The highest BCUT2D eigenvalue weighted by Crippen LogP contribution is 2.16. The predicted octanol–water partition coefficient (Wildman–Crippen LogP) is 1.01. The van der Waals surface area contributed by atoms with E-state index in [1.807, 2.05) is 11.9 Å². The molecule has 2 atom stereocenters. The molecular formula is C20H37N5O2. The molecule has 3 aliphatic heterocycles. The van der Waals surface area contributed by atoms with Crippen LogP contribution in [0.4, 0.5) is 0 Å². The van der Waals surface area contributed by atoms with Gasteiger partial charge in [0.1, 0.15) is 6.10 Å². The largest absolute Gasteiger partial charge is 0.368 e. The Balaban J connectivity index is 1.38. The first-order valence-electron chi connectivity index (χ1n) is 10.8. The number of amides is 1. The lowest BCUT2D eigenvalue weighted by molar-refractivity contribution is -0.142. The van der Waals surface area contributed by atoms with Crippen molar-refractivity contribution >= 4 is 11.9 Å². The van der Waals surface area contributed by atoms with Gasteiger partial charge in [-0.05, 0) is 44.7 Å². The minimum atomic E-state index is -0.204. The lowest BCUT2D eigenvalue weighted by Gasteiger charge is -2.37. The molecule has 0 aromatic carbocycles. The van der Waals surface area contributed by atoms with Gasteiger partial charge in [-0.3, -0.25) is 9.79 Å². The summed E-state index contributed by atoms with van der Waals surface area (Å²) in [5.74, 6) is 1.73. The molecule has 27 heavy (non-hydrogen) atoms. The number of carbonyl (C=O) groups is 1. The Labute approximate surface area is 164 Å². The van der Waals surface area contributed by atoms with Gasteiger partial charge in [-0.1, -0.05) is 13.3 Å². The predicted molar refractivity (Wildman–Crippen MR) is 108 cm³/mol. The zero-order chi connectivity index (χ0) is 19.1. The fourth-order valence-corrected chi connectivity index (χ4v) is 4.36. The lowest BCUT2D eigenvalue weighted by atomic mass is 10.1. The average Bonchev–Trinajstić information content (AvgIpc) is 3.24. The van der Waals surface area contributed by atoms with Gasteiger partial charge in [0, 0.05) is 52.9 Å². The van der Waals surface area contributed by atoms with Gasteiger partial charge in [0.15, 0.2) is 5.96 Å². The second kappa shape index (κ2) is 10.3. The molecule has 0 bridgehead atoms. The first-order valence-corrected chi connectivity index (χ1v) is 10.8. The third kappa shape index (κ3) is 5.82. The minimum absolute atomic E-state index is 0.172. The highest BCUT2D eigenvalue weighted by Gasteiger charge is 2.31. The molecule has 1 N–H and O–H groups in total. The Kier molecular flexibility index (Phi) is 7.76. The molecule has 3 saturated heterocycles. The minimum Gasteiger partial charge on any atom is -0.368 e. The zero-order valence-corrected chi connectivity index (χ0v) is 17.2. The number of aliphatic imine (C=N–C) groups is 1. The zero-order valence-electron chi connectivity index (χ0n) is 17.2. The molecule has 154 valence electrons. The van der Waals surface area contributed by atoms with Crippen LogP contribution in [0.2, 0.25) is 0 Å². The van der Waals surface area contributed by atoms with Crippen LogP contribution in [-0.4, -0.2) is 98.7 Å². The molecular weight excluding hydrogens is 342 g/mol. The fraction of sp³-hybridized carbons (Fsp3) is 0.900. The number of carbonyl (C=O) groups excluding carboxylic acids is 1. The van der Waals surface area contributed by atoms with E-state index in [4.69, 9.17) is 4.74 Å². The summed E-state index contributed by atoms with van der Waals surface area (Å²) in [5, 5.41) is 3.55. The van der Waals surface area contributed by atoms with Crippen molar-refractivity contribution in [2.45, 2.75) is 45.1 Å². The van der Waals surface area contributed by atoms with E-state index in [1.54, 1.807) is 0 Å². The summed E-state index contributed by atoms with van der Waals surface area (Å²) in [6.07, 6.45) is 5.74. The maximum Gasteiger partial charge on any atom is 0.251 e. The van der Waals surface area contributed by atoms with Crippen LogP contribution < -0.4 is 5.32 Å². The second-order valence-electron chi connectivity index (χ2n) is 8.21. The fourth-order valence-electron chi connectivity index (χ4n) is 4.36. The number of hydrogen-bond acceptors (Lipinski definition) is 4. The van der Waals surface area contributed by atoms with E-state index in [0.29, 0.717) is 5.92 Å². The SMILES string of the molecule is CN=C(NCC(C)CN1CCCCC1)N1CCN(C(=O)C2CCCO2)CC1. The Morgan fingerprint density at radius 2 is 1.78 bits per heavy atom. The van der Waals surface area contributed by atoms with Crippen molar-refractivity contribution in [2.24, 2.45) is 10.9 Å². The highest BCUT2D eigenvalue weighted by molar-refractivity contribution is 5.82. The van der Waals surface area contributed by atoms with Gasteiger partial charge in [-0.25, -0.2) is 0 Å². The number of nitrogens with one attached hydrogen (secondary N) is 1. The lowest BCUT2D eigenvalue weighted by Crippen LogP contribution is -2.55. The maximum absolute atomic E-state index is 12.5. The summed E-state index contributed by atoms with van der Waals surface area (Å²) < 4.78 is 5.55. The number of hydrogen-bond donors (Lipinski definition) is 1. The molecule has 0 saturated carbocycles. The molecule has 1 amide bonds. The van der Waals surface area contributed by atoms with E-state index in [2.05, 4.69) is 27.0 Å². The van der Waals surface area contributed by atoms with Gasteiger partial charge in [-0.2, -0.15) is 0 Å². The van der Waals surface area contributed by atoms with Gasteiger partial charge in [0.05, 0.1) is 0 Å². The van der Waals surface area contributed by atoms with Crippen molar-refractivity contribution in [3.05, 3.63) is 0 Å². The molecule has 3 rings (SSSR count). The summed E-state index contributed by atoms with van der Waals surface area (Å²) in [6, 6.07) is 0. The van der Waals surface area contributed by atoms with Crippen LogP contribution in [-0.2, 0) is 9.53 Å². The van der Waals surface area contributed by atoms with Crippen molar-refractivity contribution in [1.29, 1.82) is 0 Å². The van der Waals surface area contributed by atoms with Crippen molar-refractivity contribution < 1.29 is 9.53 Å². The first-order chi connectivity index (χ1) is 13.2. The van der Waals surface area contributed by atoms with E-state index in [1.165, 1.54) is 32.4 Å². The maximum atomic E-state index is 12.5. The van der Waals surface area contributed by atoms with Crippen molar-refractivity contribution in [2.75, 3.05) is 66.0 Å². The molecule has 0 aromatic rings. The van der Waals surface area contributed by atoms with E-state index < -0.39 is 0 Å². The summed E-state index contributed by atoms with van der Waals surface area (Å²) >= 11 is 0. The number of nitrogens with zero attached hydrogens (tertiary/aromatic N) is 4. The van der Waals surface area contributed by atoms with Gasteiger partial charge in [0.25, 0.3) is 5.91 Å². The standard InChI is InChI=1S/C20H37N5O2/c1-17(16-23-8-4-3-5-9-23)15-22-20(21-2)25-12-10-24(11-13-25)19(26)18-7-6-14-27-18/h17-18H,3-16H2,1-2H3,(H,21,22). The smallest absolute Gasteiger partial charge is 0.251 e. The topological polar surface area (TPSA) is 60.4 Å². The molecule has 7 heteroatoms. The summed E-state index contributed by atoms with van der Waals surface area (Å²) in [6.45, 7) is 10.8. The summed E-state index contributed by atoms with van der Waals surface area (Å²) in [7, 11) is 1.85. The normalized spacial score (nSPS) is 26.3. The quantitative estimate of drug-likeness (QED) is 0.571. The van der Waals surface area contributed by atoms with Gasteiger partial charge < -0.3 is 24.8 Å². The van der Waals surface area contributed by atoms with Gasteiger partial charge >= 0.3 is 0 Å². The van der Waals surface area contributed by atoms with E-state index in [-0.39, 0.29) is 12.0 Å². The summed E-state index contributed by atoms with van der Waals surface area (Å²) in [4.78, 5) is 23.8. The van der Waals surface area contributed by atoms with E-state index in [9.17, 15) is 4.79 Å². The Hall–Kier alpha value is -1.34. The number of guanidine groups is 1.